The number of nitrogens with one attached hydrogen (secondary N) is 2. The van der Waals surface area contributed by atoms with Gasteiger partial charge in [-0.3, -0.25) is 4.79 Å². The molecule has 0 radical (unpaired) electrons. The van der Waals surface area contributed by atoms with Crippen LogP contribution < -0.4 is 10.6 Å². The Morgan fingerprint density at radius 1 is 1.47 bits per heavy atom. The normalized spacial score (nSPS) is 22.8. The van der Waals surface area contributed by atoms with Crippen LogP contribution in [0.4, 0.5) is 5.82 Å². The van der Waals surface area contributed by atoms with Gasteiger partial charge in [0, 0.05) is 19.8 Å². The van der Waals surface area contributed by atoms with Crippen molar-refractivity contribution in [2.45, 2.75) is 32.6 Å². The number of hydrogen-bond donors (Lipinski definition) is 2. The second kappa shape index (κ2) is 6.55. The van der Waals surface area contributed by atoms with E-state index >= 15 is 0 Å². The molecule has 0 bridgehead atoms. The van der Waals surface area contributed by atoms with Gasteiger partial charge in [0.1, 0.15) is 5.82 Å². The van der Waals surface area contributed by atoms with Gasteiger partial charge in [0.05, 0.1) is 5.56 Å². The molecule has 1 aliphatic carbocycles. The highest BCUT2D eigenvalue weighted by atomic mass is 16.1. The Labute approximate surface area is 115 Å². The summed E-state index contributed by atoms with van der Waals surface area (Å²) in [5.74, 6) is 2.03. The third kappa shape index (κ3) is 3.69. The zero-order valence-corrected chi connectivity index (χ0v) is 11.8. The summed E-state index contributed by atoms with van der Waals surface area (Å²) in [4.78, 5) is 16.3. The lowest BCUT2D eigenvalue weighted by atomic mass is 9.82. The molecule has 1 aromatic heterocycles. The van der Waals surface area contributed by atoms with Crippen molar-refractivity contribution in [2.75, 3.05) is 18.9 Å². The van der Waals surface area contributed by atoms with Crippen molar-refractivity contribution in [1.82, 2.24) is 10.3 Å². The van der Waals surface area contributed by atoms with Crippen molar-refractivity contribution in [2.24, 2.45) is 11.8 Å². The summed E-state index contributed by atoms with van der Waals surface area (Å²) in [5.41, 5.74) is 0.619. The topological polar surface area (TPSA) is 54.0 Å². The molecule has 4 nitrogen and oxygen atoms in total. The molecule has 19 heavy (non-hydrogen) atoms. The fourth-order valence-electron chi connectivity index (χ4n) is 2.87. The Kier molecular flexibility index (Phi) is 4.77. The standard InChI is InChI=1S/C15H23N3O/c1-11-5-3-6-12(9-11)10-18-15(19)13-7-4-8-17-14(13)16-2/h4,7-8,11-12H,3,5-6,9-10H2,1-2H3,(H,16,17)(H,18,19). The lowest BCUT2D eigenvalue weighted by Crippen LogP contribution is -2.32. The Bertz CT molecular complexity index is 433. The van der Waals surface area contributed by atoms with Crippen LogP contribution in [0.25, 0.3) is 0 Å². The molecule has 2 unspecified atom stereocenters. The van der Waals surface area contributed by atoms with Crippen molar-refractivity contribution in [3.8, 4) is 0 Å². The highest BCUT2D eigenvalue weighted by Gasteiger charge is 2.20. The summed E-state index contributed by atoms with van der Waals surface area (Å²) in [6.07, 6.45) is 6.77. The smallest absolute Gasteiger partial charge is 0.255 e. The number of carbonyl (C=O) groups excluding carboxylic acids is 1. The molecule has 4 heteroatoms. The Hall–Kier alpha value is -1.58. The van der Waals surface area contributed by atoms with E-state index in [1.807, 2.05) is 0 Å². The second-order valence-electron chi connectivity index (χ2n) is 5.50. The molecular weight excluding hydrogens is 238 g/mol. The first-order valence-corrected chi connectivity index (χ1v) is 7.11. The maximum atomic E-state index is 12.2. The molecule has 2 rings (SSSR count). The molecule has 104 valence electrons. The van der Waals surface area contributed by atoms with E-state index in [0.717, 1.165) is 12.5 Å². The number of nitrogens with zero attached hydrogens (tertiary/aromatic N) is 1. The van der Waals surface area contributed by atoms with Gasteiger partial charge in [-0.25, -0.2) is 4.98 Å². The van der Waals surface area contributed by atoms with E-state index in [2.05, 4.69) is 22.5 Å². The summed E-state index contributed by atoms with van der Waals surface area (Å²) in [5, 5.41) is 5.99. The highest BCUT2D eigenvalue weighted by molar-refractivity contribution is 5.98. The Morgan fingerprint density at radius 2 is 2.32 bits per heavy atom. The largest absolute Gasteiger partial charge is 0.372 e. The van der Waals surface area contributed by atoms with Gasteiger partial charge in [-0.15, -0.1) is 0 Å². The molecule has 0 saturated heterocycles. The molecule has 0 aliphatic heterocycles. The van der Waals surface area contributed by atoms with Crippen LogP contribution in [0.3, 0.4) is 0 Å². The van der Waals surface area contributed by atoms with Gasteiger partial charge in [0.2, 0.25) is 0 Å². The second-order valence-corrected chi connectivity index (χ2v) is 5.50. The average Bonchev–Trinajstić information content (AvgIpc) is 2.45. The van der Waals surface area contributed by atoms with Crippen LogP contribution in [-0.2, 0) is 0 Å². The minimum absolute atomic E-state index is 0.0318. The van der Waals surface area contributed by atoms with Crippen molar-refractivity contribution < 1.29 is 4.79 Å². The quantitative estimate of drug-likeness (QED) is 0.876. The van der Waals surface area contributed by atoms with Crippen molar-refractivity contribution in [3.63, 3.8) is 0 Å². The average molecular weight is 261 g/mol. The number of aromatic nitrogens is 1. The van der Waals surface area contributed by atoms with Crippen LogP contribution in [0.1, 0.15) is 43.0 Å². The van der Waals surface area contributed by atoms with Crippen LogP contribution in [-0.4, -0.2) is 24.5 Å². The van der Waals surface area contributed by atoms with E-state index in [4.69, 9.17) is 0 Å². The fourth-order valence-corrected chi connectivity index (χ4v) is 2.87. The minimum Gasteiger partial charge on any atom is -0.372 e. The molecule has 1 heterocycles. The van der Waals surface area contributed by atoms with E-state index in [0.29, 0.717) is 17.3 Å². The lowest BCUT2D eigenvalue weighted by Gasteiger charge is -2.26. The van der Waals surface area contributed by atoms with Gasteiger partial charge in [0.25, 0.3) is 5.91 Å². The molecule has 1 saturated carbocycles. The summed E-state index contributed by atoms with van der Waals surface area (Å²) in [6, 6.07) is 3.59. The maximum Gasteiger partial charge on any atom is 0.255 e. The van der Waals surface area contributed by atoms with Crippen molar-refractivity contribution in [1.29, 1.82) is 0 Å². The van der Waals surface area contributed by atoms with Gasteiger partial charge in [-0.2, -0.15) is 0 Å². The zero-order valence-electron chi connectivity index (χ0n) is 11.8. The van der Waals surface area contributed by atoms with Crippen molar-refractivity contribution in [3.05, 3.63) is 23.9 Å². The number of hydrogen-bond acceptors (Lipinski definition) is 3. The SMILES string of the molecule is CNc1ncccc1C(=O)NCC1CCCC(C)C1. The predicted molar refractivity (Wildman–Crippen MR) is 77.2 cm³/mol. The van der Waals surface area contributed by atoms with E-state index in [1.54, 1.807) is 25.4 Å². The number of pyridine rings is 1. The summed E-state index contributed by atoms with van der Waals surface area (Å²) >= 11 is 0. The molecule has 1 aromatic rings. The van der Waals surface area contributed by atoms with E-state index in [9.17, 15) is 4.79 Å². The number of amides is 1. The Morgan fingerprint density at radius 3 is 3.05 bits per heavy atom. The number of carbonyl (C=O) groups is 1. The van der Waals surface area contributed by atoms with Gasteiger partial charge in [-0.1, -0.05) is 19.8 Å². The van der Waals surface area contributed by atoms with Crippen molar-refractivity contribution >= 4 is 11.7 Å². The molecule has 1 amide bonds. The van der Waals surface area contributed by atoms with Gasteiger partial charge >= 0.3 is 0 Å². The molecule has 2 N–H and O–H groups in total. The Balaban J connectivity index is 1.90. The van der Waals surface area contributed by atoms with Crippen LogP contribution in [0, 0.1) is 11.8 Å². The first-order chi connectivity index (χ1) is 9.20. The van der Waals surface area contributed by atoms with Crippen LogP contribution in [0.5, 0.6) is 0 Å². The predicted octanol–water partition coefficient (Wildman–Crippen LogP) is 2.68. The van der Waals surface area contributed by atoms with Gasteiger partial charge in [-0.05, 0) is 36.8 Å². The third-order valence-electron chi connectivity index (χ3n) is 3.89. The van der Waals surface area contributed by atoms with Crippen LogP contribution in [0.15, 0.2) is 18.3 Å². The summed E-state index contributed by atoms with van der Waals surface area (Å²) in [7, 11) is 1.78. The fraction of sp³-hybridized carbons (Fsp3) is 0.600. The summed E-state index contributed by atoms with van der Waals surface area (Å²) in [6.45, 7) is 3.08. The summed E-state index contributed by atoms with van der Waals surface area (Å²) < 4.78 is 0. The third-order valence-corrected chi connectivity index (χ3v) is 3.89. The van der Waals surface area contributed by atoms with Gasteiger partial charge in [0.15, 0.2) is 0 Å². The first kappa shape index (κ1) is 13.8. The highest BCUT2D eigenvalue weighted by Crippen LogP contribution is 2.28. The van der Waals surface area contributed by atoms with E-state index in [1.165, 1.54) is 25.7 Å². The van der Waals surface area contributed by atoms with Gasteiger partial charge < -0.3 is 10.6 Å². The molecule has 2 atom stereocenters. The molecule has 0 aromatic carbocycles. The number of rotatable bonds is 4. The maximum absolute atomic E-state index is 12.2. The monoisotopic (exact) mass is 261 g/mol. The first-order valence-electron chi connectivity index (χ1n) is 7.11. The van der Waals surface area contributed by atoms with Crippen LogP contribution >= 0.6 is 0 Å². The minimum atomic E-state index is -0.0318. The molecule has 0 spiro atoms. The molecule has 1 aliphatic rings. The lowest BCUT2D eigenvalue weighted by molar-refractivity contribution is 0.0941. The molecular formula is C15H23N3O. The van der Waals surface area contributed by atoms with E-state index in [-0.39, 0.29) is 5.91 Å². The molecule has 1 fully saturated rings. The van der Waals surface area contributed by atoms with Crippen LogP contribution in [0.2, 0.25) is 0 Å². The van der Waals surface area contributed by atoms with E-state index < -0.39 is 0 Å². The zero-order chi connectivity index (χ0) is 13.7. The number of anilines is 1.